The summed E-state index contributed by atoms with van der Waals surface area (Å²) in [6.45, 7) is 0. The van der Waals surface area contributed by atoms with Gasteiger partial charge in [-0.3, -0.25) is 14.4 Å². The molecule has 23 heavy (non-hydrogen) atoms. The van der Waals surface area contributed by atoms with Crippen molar-refractivity contribution in [3.05, 3.63) is 22.2 Å². The summed E-state index contributed by atoms with van der Waals surface area (Å²) >= 11 is 3.41. The highest BCUT2D eigenvalue weighted by molar-refractivity contribution is 9.11. The van der Waals surface area contributed by atoms with Crippen LogP contribution < -0.4 is 0 Å². The molecule has 5 nitrogen and oxygen atoms in total. The monoisotopic (exact) mass is 382 g/mol. The van der Waals surface area contributed by atoms with Crippen LogP contribution in [0.1, 0.15) is 32.1 Å². The molecule has 0 saturated heterocycles. The first kappa shape index (κ1) is 16.4. The normalized spacial score (nSPS) is 33.0. The minimum absolute atomic E-state index is 0.00318. The lowest BCUT2D eigenvalue weighted by Crippen LogP contribution is -2.51. The van der Waals surface area contributed by atoms with E-state index in [1.807, 2.05) is 4.99 Å². The smallest absolute Gasteiger partial charge is 0.327 e. The maximum Gasteiger partial charge on any atom is 0.327 e. The predicted octanol–water partition coefficient (Wildman–Crippen LogP) is 2.69. The van der Waals surface area contributed by atoms with Crippen molar-refractivity contribution >= 4 is 33.7 Å². The largest absolute Gasteiger partial charge is 0.468 e. The maximum absolute atomic E-state index is 12.6. The number of ketones is 1. The van der Waals surface area contributed by atoms with Crippen molar-refractivity contribution in [2.24, 2.45) is 16.7 Å². The topological polar surface area (TPSA) is 69.7 Å². The Morgan fingerprint density at radius 3 is 2.48 bits per heavy atom. The van der Waals surface area contributed by atoms with Gasteiger partial charge in [0.05, 0.1) is 14.2 Å². The molecule has 2 saturated carbocycles. The van der Waals surface area contributed by atoms with Crippen LogP contribution in [0, 0.1) is 16.7 Å². The first-order valence-electron chi connectivity index (χ1n) is 7.72. The van der Waals surface area contributed by atoms with Gasteiger partial charge in [-0.25, -0.2) is 0 Å². The zero-order valence-electron chi connectivity index (χ0n) is 13.2. The van der Waals surface area contributed by atoms with Gasteiger partial charge in [0.25, 0.3) is 0 Å². The second-order valence-corrected chi connectivity index (χ2v) is 6.86. The molecule has 0 aromatic rings. The molecule has 6 heteroatoms. The Kier molecular flexibility index (Phi) is 3.99. The molecule has 0 amide bonds. The molecule has 2 fully saturated rings. The lowest BCUT2D eigenvalue weighted by molar-refractivity contribution is -0.168. The van der Waals surface area contributed by atoms with Crippen LogP contribution in [0.3, 0.4) is 0 Å². The molecule has 124 valence electrons. The highest BCUT2D eigenvalue weighted by Gasteiger charge is 2.67. The van der Waals surface area contributed by atoms with Crippen LogP contribution >= 0.6 is 15.9 Å². The third kappa shape index (κ3) is 1.87. The van der Waals surface area contributed by atoms with Gasteiger partial charge in [0.2, 0.25) is 0 Å². The third-order valence-electron chi connectivity index (χ3n) is 5.77. The van der Waals surface area contributed by atoms with Gasteiger partial charge in [-0.05, 0) is 42.3 Å². The molecule has 2 atom stereocenters. The van der Waals surface area contributed by atoms with Crippen molar-refractivity contribution in [1.29, 1.82) is 0 Å². The van der Waals surface area contributed by atoms with E-state index in [1.165, 1.54) is 20.3 Å². The van der Waals surface area contributed by atoms with E-state index < -0.39 is 22.8 Å². The number of carbonyl (C=O) groups excluding carboxylic acids is 3. The van der Waals surface area contributed by atoms with Crippen molar-refractivity contribution in [3.8, 4) is 0 Å². The second-order valence-electron chi connectivity index (χ2n) is 6.40. The fraction of sp³-hybridized carbons (Fsp3) is 0.588. The van der Waals surface area contributed by atoms with Gasteiger partial charge in [-0.15, -0.1) is 0 Å². The van der Waals surface area contributed by atoms with Crippen molar-refractivity contribution in [3.63, 3.8) is 0 Å². The number of hydrogen-bond donors (Lipinski definition) is 0. The van der Waals surface area contributed by atoms with E-state index in [0.717, 1.165) is 24.8 Å². The molecule has 0 aromatic heterocycles. The number of halogens is 1. The summed E-state index contributed by atoms with van der Waals surface area (Å²) < 4.78 is 9.90. The standard InChI is InChI=1S/C17H19BrO5/c1-22-14(20)17(15(21)23-2)7-5-10(9-18)16-6-3-4-11(16)12(19)8-13(16)17/h8-9,11H,3-7H2,1-2H3/b10-9-/t11-,16+/m1/s1. The van der Waals surface area contributed by atoms with Crippen LogP contribution in [0.25, 0.3) is 0 Å². The fourth-order valence-corrected chi connectivity index (χ4v) is 5.47. The van der Waals surface area contributed by atoms with Crippen LogP contribution in [-0.4, -0.2) is 31.9 Å². The number of allylic oxidation sites excluding steroid dienone is 2. The Morgan fingerprint density at radius 1 is 1.26 bits per heavy atom. The van der Waals surface area contributed by atoms with Gasteiger partial charge in [0.15, 0.2) is 11.2 Å². The molecule has 3 aliphatic carbocycles. The van der Waals surface area contributed by atoms with E-state index in [9.17, 15) is 14.4 Å². The van der Waals surface area contributed by atoms with E-state index in [2.05, 4.69) is 15.9 Å². The number of rotatable bonds is 2. The zero-order valence-corrected chi connectivity index (χ0v) is 14.8. The van der Waals surface area contributed by atoms with E-state index in [0.29, 0.717) is 12.0 Å². The highest BCUT2D eigenvalue weighted by Crippen LogP contribution is 2.67. The number of esters is 2. The Labute approximate surface area is 143 Å². The molecular weight excluding hydrogens is 364 g/mol. The second kappa shape index (κ2) is 5.58. The molecule has 0 aliphatic heterocycles. The van der Waals surface area contributed by atoms with Gasteiger partial charge < -0.3 is 9.47 Å². The van der Waals surface area contributed by atoms with Gasteiger partial charge in [0.1, 0.15) is 0 Å². The molecule has 0 heterocycles. The number of ether oxygens (including phenoxy) is 2. The first-order valence-corrected chi connectivity index (χ1v) is 8.63. The Balaban J connectivity index is 2.26. The minimum atomic E-state index is -1.50. The summed E-state index contributed by atoms with van der Waals surface area (Å²) in [4.78, 5) is 39.6. The fourth-order valence-electron chi connectivity index (χ4n) is 4.83. The van der Waals surface area contributed by atoms with Crippen molar-refractivity contribution in [2.45, 2.75) is 32.1 Å². The molecular formula is C17H19BrO5. The quantitative estimate of drug-likeness (QED) is 0.542. The van der Waals surface area contributed by atoms with Crippen molar-refractivity contribution in [1.82, 2.24) is 0 Å². The average molecular weight is 383 g/mol. The van der Waals surface area contributed by atoms with E-state index in [-0.39, 0.29) is 18.1 Å². The SMILES string of the molecule is COC(=O)C1(C(=O)OC)CC/C(=C/Br)[C@@]23CCC[C@@H]2C(=O)C=C13. The van der Waals surface area contributed by atoms with Crippen molar-refractivity contribution < 1.29 is 23.9 Å². The van der Waals surface area contributed by atoms with Crippen LogP contribution in [-0.2, 0) is 23.9 Å². The molecule has 0 unspecified atom stereocenters. The maximum atomic E-state index is 12.6. The zero-order chi connectivity index (χ0) is 16.8. The molecule has 0 N–H and O–H groups in total. The van der Waals surface area contributed by atoms with Gasteiger partial charge in [0, 0.05) is 11.3 Å². The van der Waals surface area contributed by atoms with Crippen LogP contribution in [0.4, 0.5) is 0 Å². The molecule has 0 radical (unpaired) electrons. The van der Waals surface area contributed by atoms with Gasteiger partial charge >= 0.3 is 11.9 Å². The Morgan fingerprint density at radius 2 is 1.91 bits per heavy atom. The summed E-state index contributed by atoms with van der Waals surface area (Å²) in [5, 5.41) is 0. The lowest BCUT2D eigenvalue weighted by Gasteiger charge is -2.46. The molecule has 3 aliphatic rings. The molecule has 1 spiro atoms. The average Bonchev–Trinajstić information content (AvgIpc) is 3.11. The molecule has 3 rings (SSSR count). The van der Waals surface area contributed by atoms with Crippen LogP contribution in [0.2, 0.25) is 0 Å². The summed E-state index contributed by atoms with van der Waals surface area (Å²) in [6, 6.07) is 0. The number of hydrogen-bond acceptors (Lipinski definition) is 5. The van der Waals surface area contributed by atoms with Crippen molar-refractivity contribution in [2.75, 3.05) is 14.2 Å². The molecule has 0 bridgehead atoms. The molecule has 0 aromatic carbocycles. The van der Waals surface area contributed by atoms with E-state index in [4.69, 9.17) is 9.47 Å². The van der Waals surface area contributed by atoms with Crippen LogP contribution in [0.5, 0.6) is 0 Å². The number of carbonyl (C=O) groups is 3. The van der Waals surface area contributed by atoms with E-state index >= 15 is 0 Å². The third-order valence-corrected chi connectivity index (χ3v) is 6.32. The Hall–Kier alpha value is -1.43. The van der Waals surface area contributed by atoms with E-state index in [1.54, 1.807) is 0 Å². The predicted molar refractivity (Wildman–Crippen MR) is 85.6 cm³/mol. The first-order chi connectivity index (χ1) is 11.0. The van der Waals surface area contributed by atoms with Crippen LogP contribution in [0.15, 0.2) is 22.2 Å². The Bertz CT molecular complexity index is 631. The van der Waals surface area contributed by atoms with Gasteiger partial charge in [-0.2, -0.15) is 0 Å². The van der Waals surface area contributed by atoms with Gasteiger partial charge in [-0.1, -0.05) is 27.9 Å². The summed E-state index contributed by atoms with van der Waals surface area (Å²) in [5.41, 5.74) is -0.382. The summed E-state index contributed by atoms with van der Waals surface area (Å²) in [6.07, 6.45) is 4.77. The number of methoxy groups -OCH3 is 2. The summed E-state index contributed by atoms with van der Waals surface area (Å²) in [7, 11) is 2.53. The lowest BCUT2D eigenvalue weighted by atomic mass is 9.55. The minimum Gasteiger partial charge on any atom is -0.468 e. The highest BCUT2D eigenvalue weighted by atomic mass is 79.9. The summed E-state index contributed by atoms with van der Waals surface area (Å²) in [5.74, 6) is -1.45.